The molecule has 1 unspecified atom stereocenters. The van der Waals surface area contributed by atoms with Crippen LogP contribution in [-0.2, 0) is 4.79 Å². The van der Waals surface area contributed by atoms with Crippen molar-refractivity contribution in [1.82, 2.24) is 10.2 Å². The summed E-state index contributed by atoms with van der Waals surface area (Å²) >= 11 is 0. The molecule has 6 heteroatoms. The molecule has 1 saturated heterocycles. The highest BCUT2D eigenvalue weighted by atomic mass is 35.5. The van der Waals surface area contributed by atoms with E-state index in [1.165, 1.54) is 12.1 Å². The van der Waals surface area contributed by atoms with Crippen LogP contribution in [0.15, 0.2) is 24.3 Å². The van der Waals surface area contributed by atoms with Gasteiger partial charge in [0, 0.05) is 13.6 Å². The lowest BCUT2D eigenvalue weighted by Gasteiger charge is -2.21. The maximum Gasteiger partial charge on any atom is 0.239 e. The van der Waals surface area contributed by atoms with E-state index in [-0.39, 0.29) is 30.2 Å². The second-order valence-corrected chi connectivity index (χ2v) is 5.06. The van der Waals surface area contributed by atoms with E-state index in [1.54, 1.807) is 17.0 Å². The standard InChI is InChI=1S/C15H21FN2O2.ClH/c1-18(15(19)14-4-2-9-17-14)10-3-11-20-13-7-5-12(16)6-8-13;/h5-8,14,17H,2-4,9-11H2,1H3;1H. The maximum absolute atomic E-state index is 12.7. The maximum atomic E-state index is 12.7. The van der Waals surface area contributed by atoms with Crippen LogP contribution in [-0.4, -0.2) is 43.6 Å². The number of nitrogens with one attached hydrogen (secondary N) is 1. The molecule has 1 atom stereocenters. The van der Waals surface area contributed by atoms with Crippen LogP contribution in [0.3, 0.4) is 0 Å². The second kappa shape index (κ2) is 8.85. The van der Waals surface area contributed by atoms with Crippen molar-refractivity contribution in [1.29, 1.82) is 0 Å². The summed E-state index contributed by atoms with van der Waals surface area (Å²) in [6.07, 6.45) is 2.75. The predicted octanol–water partition coefficient (Wildman–Crippen LogP) is 2.23. The fraction of sp³-hybridized carbons (Fsp3) is 0.533. The van der Waals surface area contributed by atoms with Gasteiger partial charge in [0.25, 0.3) is 0 Å². The van der Waals surface area contributed by atoms with Crippen LogP contribution in [0, 0.1) is 5.82 Å². The zero-order valence-corrected chi connectivity index (χ0v) is 13.0. The van der Waals surface area contributed by atoms with Crippen molar-refractivity contribution >= 4 is 18.3 Å². The summed E-state index contributed by atoms with van der Waals surface area (Å²) in [5.41, 5.74) is 0. The van der Waals surface area contributed by atoms with E-state index in [0.717, 1.165) is 25.8 Å². The summed E-state index contributed by atoms with van der Waals surface area (Å²) in [5.74, 6) is 0.536. The lowest BCUT2D eigenvalue weighted by molar-refractivity contribution is -0.131. The quantitative estimate of drug-likeness (QED) is 0.818. The monoisotopic (exact) mass is 316 g/mol. The molecule has 1 aromatic carbocycles. The number of benzene rings is 1. The fourth-order valence-corrected chi connectivity index (χ4v) is 2.29. The van der Waals surface area contributed by atoms with E-state index in [2.05, 4.69) is 5.32 Å². The Morgan fingerprint density at radius 1 is 1.43 bits per heavy atom. The Hall–Kier alpha value is -1.33. The van der Waals surface area contributed by atoms with Gasteiger partial charge in [0.1, 0.15) is 11.6 Å². The Kier molecular flexibility index (Phi) is 7.47. The van der Waals surface area contributed by atoms with Crippen molar-refractivity contribution in [2.75, 3.05) is 26.7 Å². The average molecular weight is 317 g/mol. The van der Waals surface area contributed by atoms with Crippen LogP contribution in [0.2, 0.25) is 0 Å². The van der Waals surface area contributed by atoms with Gasteiger partial charge < -0.3 is 15.0 Å². The van der Waals surface area contributed by atoms with Gasteiger partial charge in [-0.2, -0.15) is 0 Å². The van der Waals surface area contributed by atoms with E-state index in [1.807, 2.05) is 7.05 Å². The summed E-state index contributed by atoms with van der Waals surface area (Å²) in [6.45, 7) is 2.11. The van der Waals surface area contributed by atoms with Crippen LogP contribution >= 0.6 is 12.4 Å². The Morgan fingerprint density at radius 2 is 2.14 bits per heavy atom. The van der Waals surface area contributed by atoms with E-state index >= 15 is 0 Å². The minimum atomic E-state index is -0.272. The largest absolute Gasteiger partial charge is 0.494 e. The number of nitrogens with zero attached hydrogens (tertiary/aromatic N) is 1. The van der Waals surface area contributed by atoms with Crippen molar-refractivity contribution in [3.05, 3.63) is 30.1 Å². The normalized spacial score (nSPS) is 17.1. The Labute approximate surface area is 131 Å². The van der Waals surface area contributed by atoms with Crippen molar-refractivity contribution < 1.29 is 13.9 Å². The lowest BCUT2D eigenvalue weighted by atomic mass is 10.2. The Bertz CT molecular complexity index is 436. The van der Waals surface area contributed by atoms with Crippen LogP contribution in [0.1, 0.15) is 19.3 Å². The topological polar surface area (TPSA) is 41.6 Å². The molecular weight excluding hydrogens is 295 g/mol. The number of rotatable bonds is 6. The lowest BCUT2D eigenvalue weighted by Crippen LogP contribution is -2.42. The van der Waals surface area contributed by atoms with Gasteiger partial charge in [0.05, 0.1) is 12.6 Å². The molecule has 1 heterocycles. The first-order valence-electron chi connectivity index (χ1n) is 7.03. The first kappa shape index (κ1) is 17.7. The van der Waals surface area contributed by atoms with Gasteiger partial charge in [-0.25, -0.2) is 4.39 Å². The van der Waals surface area contributed by atoms with Gasteiger partial charge in [-0.15, -0.1) is 12.4 Å². The molecule has 2 rings (SSSR count). The van der Waals surface area contributed by atoms with Crippen molar-refractivity contribution in [3.8, 4) is 5.75 Å². The van der Waals surface area contributed by atoms with Crippen LogP contribution in [0.25, 0.3) is 0 Å². The highest BCUT2D eigenvalue weighted by Crippen LogP contribution is 2.11. The third kappa shape index (κ3) is 5.52. The number of ether oxygens (including phenoxy) is 1. The number of carbonyl (C=O) groups excluding carboxylic acids is 1. The Morgan fingerprint density at radius 3 is 2.76 bits per heavy atom. The van der Waals surface area contributed by atoms with Crippen molar-refractivity contribution in [2.45, 2.75) is 25.3 Å². The highest BCUT2D eigenvalue weighted by molar-refractivity contribution is 5.85. The van der Waals surface area contributed by atoms with E-state index < -0.39 is 0 Å². The summed E-state index contributed by atoms with van der Waals surface area (Å²) in [5, 5.41) is 3.20. The van der Waals surface area contributed by atoms with Gasteiger partial charge in [0.15, 0.2) is 0 Å². The molecule has 118 valence electrons. The number of halogens is 2. The van der Waals surface area contributed by atoms with E-state index in [9.17, 15) is 9.18 Å². The molecule has 1 fully saturated rings. The summed E-state index contributed by atoms with van der Waals surface area (Å²) < 4.78 is 18.2. The molecule has 21 heavy (non-hydrogen) atoms. The zero-order chi connectivity index (χ0) is 14.4. The zero-order valence-electron chi connectivity index (χ0n) is 12.2. The number of likely N-dealkylation sites (N-methyl/N-ethyl adjacent to an activating group) is 1. The number of amides is 1. The molecule has 0 aromatic heterocycles. The molecule has 0 spiro atoms. The first-order valence-corrected chi connectivity index (χ1v) is 7.03. The van der Waals surface area contributed by atoms with Gasteiger partial charge in [-0.1, -0.05) is 0 Å². The van der Waals surface area contributed by atoms with Crippen LogP contribution < -0.4 is 10.1 Å². The molecule has 0 radical (unpaired) electrons. The molecule has 1 amide bonds. The highest BCUT2D eigenvalue weighted by Gasteiger charge is 2.24. The molecule has 1 N–H and O–H groups in total. The van der Waals surface area contributed by atoms with Gasteiger partial charge >= 0.3 is 0 Å². The number of hydrogen-bond acceptors (Lipinski definition) is 3. The molecule has 1 aliphatic heterocycles. The SMILES string of the molecule is CN(CCCOc1ccc(F)cc1)C(=O)C1CCCN1.Cl. The molecule has 0 aliphatic carbocycles. The second-order valence-electron chi connectivity index (χ2n) is 5.06. The molecule has 1 aliphatic rings. The average Bonchev–Trinajstić information content (AvgIpc) is 2.98. The van der Waals surface area contributed by atoms with Gasteiger partial charge in [0.2, 0.25) is 5.91 Å². The summed E-state index contributed by atoms with van der Waals surface area (Å²) in [6, 6.07) is 5.94. The van der Waals surface area contributed by atoms with Crippen LogP contribution in [0.4, 0.5) is 4.39 Å². The molecule has 4 nitrogen and oxygen atoms in total. The van der Waals surface area contributed by atoms with E-state index in [4.69, 9.17) is 4.74 Å². The minimum absolute atomic E-state index is 0. The third-order valence-electron chi connectivity index (χ3n) is 3.45. The van der Waals surface area contributed by atoms with Gasteiger partial charge in [-0.05, 0) is 50.1 Å². The molecule has 0 saturated carbocycles. The Balaban J connectivity index is 0.00000220. The molecular formula is C15H22ClFN2O2. The summed E-state index contributed by atoms with van der Waals surface area (Å²) in [4.78, 5) is 13.8. The van der Waals surface area contributed by atoms with Crippen LogP contribution in [0.5, 0.6) is 5.75 Å². The van der Waals surface area contributed by atoms with Gasteiger partial charge in [-0.3, -0.25) is 4.79 Å². The number of hydrogen-bond donors (Lipinski definition) is 1. The number of carbonyl (C=O) groups is 1. The molecule has 1 aromatic rings. The fourth-order valence-electron chi connectivity index (χ4n) is 2.29. The molecule has 0 bridgehead atoms. The third-order valence-corrected chi connectivity index (χ3v) is 3.45. The van der Waals surface area contributed by atoms with Crippen molar-refractivity contribution in [2.24, 2.45) is 0 Å². The minimum Gasteiger partial charge on any atom is -0.494 e. The van der Waals surface area contributed by atoms with Crippen molar-refractivity contribution in [3.63, 3.8) is 0 Å². The summed E-state index contributed by atoms with van der Waals surface area (Å²) in [7, 11) is 1.82. The smallest absolute Gasteiger partial charge is 0.239 e. The predicted molar refractivity (Wildman–Crippen MR) is 82.4 cm³/mol. The first-order chi connectivity index (χ1) is 9.66. The van der Waals surface area contributed by atoms with E-state index in [0.29, 0.717) is 18.9 Å².